The summed E-state index contributed by atoms with van der Waals surface area (Å²) in [6.07, 6.45) is 5.71. The fraction of sp³-hybridized carbons (Fsp3) is 0.667. The van der Waals surface area contributed by atoms with Gasteiger partial charge in [-0.1, -0.05) is 19.8 Å². The number of halogens is 2. The minimum Gasteiger partial charge on any atom is -0.371 e. The standard InChI is InChI=1S/C15H23F2N3/c1-3-5-11-6-4-8-20(9-7-11)15-13(17)10-12(16)14(18-2)19-15/h10-11H,3-9H2,1-2H3,(H,18,19). The third-order valence-corrected chi connectivity index (χ3v) is 3.99. The molecule has 0 bridgehead atoms. The van der Waals surface area contributed by atoms with Crippen LogP contribution in [0.1, 0.15) is 39.0 Å². The van der Waals surface area contributed by atoms with Gasteiger partial charge in [0.1, 0.15) is 0 Å². The normalized spacial score (nSPS) is 19.8. The summed E-state index contributed by atoms with van der Waals surface area (Å²) in [7, 11) is 1.59. The van der Waals surface area contributed by atoms with E-state index in [-0.39, 0.29) is 11.6 Å². The lowest BCUT2D eigenvalue weighted by molar-refractivity contribution is 0.435. The molecule has 1 aromatic heterocycles. The van der Waals surface area contributed by atoms with Crippen LogP contribution >= 0.6 is 0 Å². The Morgan fingerprint density at radius 1 is 1.30 bits per heavy atom. The van der Waals surface area contributed by atoms with Gasteiger partial charge in [0.25, 0.3) is 0 Å². The van der Waals surface area contributed by atoms with Crippen molar-refractivity contribution in [3.05, 3.63) is 17.7 Å². The largest absolute Gasteiger partial charge is 0.371 e. The van der Waals surface area contributed by atoms with Gasteiger partial charge in [-0.05, 0) is 25.2 Å². The van der Waals surface area contributed by atoms with Gasteiger partial charge in [0, 0.05) is 26.2 Å². The van der Waals surface area contributed by atoms with Crippen molar-refractivity contribution in [2.45, 2.75) is 39.0 Å². The van der Waals surface area contributed by atoms with Gasteiger partial charge in [0.2, 0.25) is 0 Å². The van der Waals surface area contributed by atoms with Crippen molar-refractivity contribution in [3.8, 4) is 0 Å². The van der Waals surface area contributed by atoms with E-state index in [0.717, 1.165) is 37.9 Å². The SMILES string of the molecule is CCCC1CCCN(c2nc(NC)c(F)cc2F)CC1. The molecule has 1 N–H and O–H groups in total. The maximum atomic E-state index is 14.0. The van der Waals surface area contributed by atoms with E-state index in [2.05, 4.69) is 17.2 Å². The highest BCUT2D eigenvalue weighted by atomic mass is 19.1. The van der Waals surface area contributed by atoms with E-state index >= 15 is 0 Å². The van der Waals surface area contributed by atoms with Crippen LogP contribution in [-0.2, 0) is 0 Å². The van der Waals surface area contributed by atoms with Crippen molar-refractivity contribution in [2.75, 3.05) is 30.4 Å². The monoisotopic (exact) mass is 283 g/mol. The van der Waals surface area contributed by atoms with Crippen molar-refractivity contribution in [3.63, 3.8) is 0 Å². The van der Waals surface area contributed by atoms with Crippen LogP contribution in [-0.4, -0.2) is 25.1 Å². The molecule has 1 aromatic rings. The van der Waals surface area contributed by atoms with Gasteiger partial charge in [-0.15, -0.1) is 0 Å². The number of rotatable bonds is 4. The molecule has 2 rings (SSSR count). The Kier molecular flexibility index (Phi) is 5.15. The number of hydrogen-bond donors (Lipinski definition) is 1. The Labute approximate surface area is 119 Å². The topological polar surface area (TPSA) is 28.2 Å². The zero-order valence-electron chi connectivity index (χ0n) is 12.3. The quantitative estimate of drug-likeness (QED) is 0.910. The van der Waals surface area contributed by atoms with Crippen molar-refractivity contribution >= 4 is 11.6 Å². The first kappa shape index (κ1) is 15.0. The molecule has 1 atom stereocenters. The van der Waals surface area contributed by atoms with Crippen LogP contribution in [0, 0.1) is 17.6 Å². The molecular formula is C15H23F2N3. The van der Waals surface area contributed by atoms with Crippen LogP contribution in [0.5, 0.6) is 0 Å². The van der Waals surface area contributed by atoms with E-state index in [0.29, 0.717) is 0 Å². The summed E-state index contributed by atoms with van der Waals surface area (Å²) in [5.74, 6) is -0.121. The van der Waals surface area contributed by atoms with Crippen LogP contribution in [0.15, 0.2) is 6.07 Å². The van der Waals surface area contributed by atoms with Gasteiger partial charge in [-0.25, -0.2) is 13.8 Å². The molecule has 1 saturated heterocycles. The molecule has 0 spiro atoms. The molecule has 0 aliphatic carbocycles. The minimum absolute atomic E-state index is 0.107. The van der Waals surface area contributed by atoms with Crippen LogP contribution in [0.4, 0.5) is 20.4 Å². The molecule has 0 radical (unpaired) electrons. The Morgan fingerprint density at radius 3 is 2.80 bits per heavy atom. The van der Waals surface area contributed by atoms with E-state index < -0.39 is 11.6 Å². The molecular weight excluding hydrogens is 260 g/mol. The van der Waals surface area contributed by atoms with Crippen LogP contribution in [0.2, 0.25) is 0 Å². The summed E-state index contributed by atoms with van der Waals surface area (Å²) in [6, 6.07) is 0.919. The third kappa shape index (κ3) is 3.38. The highest BCUT2D eigenvalue weighted by Gasteiger charge is 2.21. The lowest BCUT2D eigenvalue weighted by atomic mass is 9.96. The first-order valence-corrected chi connectivity index (χ1v) is 7.44. The van der Waals surface area contributed by atoms with Crippen LogP contribution < -0.4 is 10.2 Å². The highest BCUT2D eigenvalue weighted by molar-refractivity contribution is 5.49. The molecule has 20 heavy (non-hydrogen) atoms. The second kappa shape index (κ2) is 6.86. The Balaban J connectivity index is 2.15. The summed E-state index contributed by atoms with van der Waals surface area (Å²) in [5.41, 5.74) is 0. The number of nitrogens with zero attached hydrogens (tertiary/aromatic N) is 2. The number of aromatic nitrogens is 1. The lowest BCUT2D eigenvalue weighted by Crippen LogP contribution is -2.26. The van der Waals surface area contributed by atoms with Crippen molar-refractivity contribution in [1.82, 2.24) is 4.98 Å². The predicted octanol–water partition coefficient (Wildman–Crippen LogP) is 3.81. The van der Waals surface area contributed by atoms with E-state index in [1.54, 1.807) is 7.05 Å². The van der Waals surface area contributed by atoms with Crippen molar-refractivity contribution in [1.29, 1.82) is 0 Å². The summed E-state index contributed by atoms with van der Waals surface area (Å²) in [4.78, 5) is 6.04. The molecule has 5 heteroatoms. The van der Waals surface area contributed by atoms with E-state index in [9.17, 15) is 8.78 Å². The fourth-order valence-electron chi connectivity index (χ4n) is 2.93. The molecule has 0 saturated carbocycles. The smallest absolute Gasteiger partial charge is 0.168 e. The number of hydrogen-bond acceptors (Lipinski definition) is 3. The highest BCUT2D eigenvalue weighted by Crippen LogP contribution is 2.27. The second-order valence-electron chi connectivity index (χ2n) is 5.45. The van der Waals surface area contributed by atoms with Gasteiger partial charge in [-0.3, -0.25) is 0 Å². The van der Waals surface area contributed by atoms with Gasteiger partial charge in [0.05, 0.1) is 0 Å². The first-order chi connectivity index (χ1) is 9.65. The third-order valence-electron chi connectivity index (χ3n) is 3.99. The predicted molar refractivity (Wildman–Crippen MR) is 78.2 cm³/mol. The Morgan fingerprint density at radius 2 is 2.10 bits per heavy atom. The number of pyridine rings is 1. The molecule has 0 aromatic carbocycles. The second-order valence-corrected chi connectivity index (χ2v) is 5.45. The molecule has 1 aliphatic heterocycles. The van der Waals surface area contributed by atoms with Gasteiger partial charge in [-0.2, -0.15) is 0 Å². The van der Waals surface area contributed by atoms with Crippen LogP contribution in [0.3, 0.4) is 0 Å². The van der Waals surface area contributed by atoms with Crippen LogP contribution in [0.25, 0.3) is 0 Å². The molecule has 1 fully saturated rings. The van der Waals surface area contributed by atoms with E-state index in [1.807, 2.05) is 4.90 Å². The Bertz CT molecular complexity index is 451. The molecule has 2 heterocycles. The zero-order chi connectivity index (χ0) is 14.5. The molecule has 0 amide bonds. The van der Waals surface area contributed by atoms with Crippen molar-refractivity contribution in [2.24, 2.45) is 5.92 Å². The maximum Gasteiger partial charge on any atom is 0.168 e. The van der Waals surface area contributed by atoms with Gasteiger partial charge >= 0.3 is 0 Å². The van der Waals surface area contributed by atoms with E-state index in [1.165, 1.54) is 19.3 Å². The summed E-state index contributed by atoms with van der Waals surface area (Å²) in [5, 5.41) is 2.67. The average Bonchev–Trinajstić information content (AvgIpc) is 2.65. The number of nitrogens with one attached hydrogen (secondary N) is 1. The van der Waals surface area contributed by atoms with E-state index in [4.69, 9.17) is 0 Å². The van der Waals surface area contributed by atoms with Crippen molar-refractivity contribution < 1.29 is 8.78 Å². The summed E-state index contributed by atoms with van der Waals surface area (Å²) >= 11 is 0. The Hall–Kier alpha value is -1.39. The zero-order valence-corrected chi connectivity index (χ0v) is 12.3. The first-order valence-electron chi connectivity index (χ1n) is 7.44. The summed E-state index contributed by atoms with van der Waals surface area (Å²) in [6.45, 7) is 3.78. The molecule has 3 nitrogen and oxygen atoms in total. The lowest BCUT2D eigenvalue weighted by Gasteiger charge is -2.23. The minimum atomic E-state index is -0.646. The number of anilines is 2. The van der Waals surface area contributed by atoms with Gasteiger partial charge in [0.15, 0.2) is 23.3 Å². The summed E-state index contributed by atoms with van der Waals surface area (Å²) < 4.78 is 27.4. The molecule has 112 valence electrons. The average molecular weight is 283 g/mol. The molecule has 1 unspecified atom stereocenters. The van der Waals surface area contributed by atoms with Gasteiger partial charge < -0.3 is 10.2 Å². The maximum absolute atomic E-state index is 14.0. The molecule has 1 aliphatic rings. The fourth-order valence-corrected chi connectivity index (χ4v) is 2.93.